The Balaban J connectivity index is 1.19. The highest BCUT2D eigenvalue weighted by molar-refractivity contribution is 5.85. The van der Waals surface area contributed by atoms with Gasteiger partial charge in [-0.2, -0.15) is 8.78 Å². The Morgan fingerprint density at radius 3 is 2.49 bits per heavy atom. The van der Waals surface area contributed by atoms with Crippen LogP contribution in [0.1, 0.15) is 66.3 Å². The van der Waals surface area contributed by atoms with E-state index in [4.69, 9.17) is 19.1 Å². The number of para-hydroxylation sites is 1. The number of rotatable bonds is 9. The Bertz CT molecular complexity index is 1270. The van der Waals surface area contributed by atoms with Gasteiger partial charge in [-0.1, -0.05) is 17.3 Å². The predicted molar refractivity (Wildman–Crippen MR) is 127 cm³/mol. The number of benzene rings is 1. The Morgan fingerprint density at radius 1 is 1.08 bits per heavy atom. The monoisotopic (exact) mass is 512 g/mol. The van der Waals surface area contributed by atoms with Crippen LogP contribution in [0.4, 0.5) is 14.6 Å². The van der Waals surface area contributed by atoms with Crippen LogP contribution >= 0.6 is 0 Å². The number of aromatic nitrogens is 3. The number of carboxylic acid groups (broad SMARTS) is 1. The van der Waals surface area contributed by atoms with E-state index in [1.807, 2.05) is 0 Å². The topological polar surface area (TPSA) is 111 Å². The lowest BCUT2D eigenvalue weighted by atomic mass is 9.99. The minimum Gasteiger partial charge on any atom is -0.476 e. The highest BCUT2D eigenvalue weighted by atomic mass is 19.3. The molecule has 11 heteroatoms. The molecule has 3 aliphatic rings. The quantitative estimate of drug-likeness (QED) is 0.422. The second-order valence-corrected chi connectivity index (χ2v) is 9.80. The molecule has 0 spiro atoms. The van der Waals surface area contributed by atoms with Gasteiger partial charge in [0.25, 0.3) is 0 Å². The SMILES string of the molecule is O=C(O)c1ccc(N2C3CC[C@H]2CC(OCc2c(-c4ccccc4OC(F)F)noc2C2CC2)C3)nn1. The molecule has 2 aromatic heterocycles. The summed E-state index contributed by atoms with van der Waals surface area (Å²) in [6, 6.07) is 10.2. The van der Waals surface area contributed by atoms with E-state index in [0.29, 0.717) is 17.1 Å². The second kappa shape index (κ2) is 9.70. The van der Waals surface area contributed by atoms with E-state index in [1.165, 1.54) is 12.1 Å². The van der Waals surface area contributed by atoms with Crippen LogP contribution in [0.2, 0.25) is 0 Å². The molecule has 3 fully saturated rings. The number of alkyl halides is 2. The summed E-state index contributed by atoms with van der Waals surface area (Å²) in [6.07, 6.45) is 5.59. The van der Waals surface area contributed by atoms with E-state index in [-0.39, 0.29) is 42.2 Å². The summed E-state index contributed by atoms with van der Waals surface area (Å²) in [5.74, 6) is 0.667. The number of hydrogen-bond donors (Lipinski definition) is 1. The molecule has 3 aromatic rings. The van der Waals surface area contributed by atoms with Crippen molar-refractivity contribution in [1.29, 1.82) is 0 Å². The summed E-state index contributed by atoms with van der Waals surface area (Å²) in [6.45, 7) is -2.67. The van der Waals surface area contributed by atoms with Gasteiger partial charge in [0.2, 0.25) is 0 Å². The van der Waals surface area contributed by atoms with Gasteiger partial charge in [-0.15, -0.1) is 10.2 Å². The van der Waals surface area contributed by atoms with Gasteiger partial charge in [-0.25, -0.2) is 4.79 Å². The van der Waals surface area contributed by atoms with Crippen LogP contribution in [0.15, 0.2) is 40.9 Å². The van der Waals surface area contributed by atoms with E-state index < -0.39 is 12.6 Å². The van der Waals surface area contributed by atoms with E-state index in [9.17, 15) is 13.6 Å². The van der Waals surface area contributed by atoms with Gasteiger partial charge < -0.3 is 24.0 Å². The molecule has 2 unspecified atom stereocenters. The molecule has 1 aromatic carbocycles. The molecule has 2 bridgehead atoms. The Hall–Kier alpha value is -3.60. The van der Waals surface area contributed by atoms with Crippen molar-refractivity contribution >= 4 is 11.8 Å². The van der Waals surface area contributed by atoms with Crippen LogP contribution < -0.4 is 9.64 Å². The van der Waals surface area contributed by atoms with Crippen molar-refractivity contribution in [3.05, 3.63) is 53.4 Å². The molecule has 3 atom stereocenters. The summed E-state index contributed by atoms with van der Waals surface area (Å²) in [5, 5.41) is 21.3. The third kappa shape index (κ3) is 4.75. The first-order valence-electron chi connectivity index (χ1n) is 12.5. The molecule has 2 saturated heterocycles. The molecule has 2 aliphatic heterocycles. The summed E-state index contributed by atoms with van der Waals surface area (Å²) in [4.78, 5) is 13.3. The van der Waals surface area contributed by atoms with Crippen molar-refractivity contribution in [2.75, 3.05) is 4.90 Å². The number of hydrogen-bond acceptors (Lipinski definition) is 8. The molecule has 1 saturated carbocycles. The van der Waals surface area contributed by atoms with Crippen LogP contribution in [0.3, 0.4) is 0 Å². The molecule has 0 amide bonds. The fraction of sp³-hybridized carbons (Fsp3) is 0.462. The molecule has 9 nitrogen and oxygen atoms in total. The summed E-state index contributed by atoms with van der Waals surface area (Å²) < 4.78 is 42.9. The minimum atomic E-state index is -2.94. The Labute approximate surface area is 211 Å². The van der Waals surface area contributed by atoms with Crippen molar-refractivity contribution in [2.45, 2.75) is 75.8 Å². The van der Waals surface area contributed by atoms with Crippen molar-refractivity contribution in [1.82, 2.24) is 15.4 Å². The number of piperidine rings is 1. The maximum Gasteiger partial charge on any atom is 0.387 e. The van der Waals surface area contributed by atoms with Crippen LogP contribution in [0, 0.1) is 0 Å². The van der Waals surface area contributed by atoms with E-state index in [1.54, 1.807) is 24.3 Å². The number of aromatic carboxylic acids is 1. The molecule has 1 aliphatic carbocycles. The third-order valence-electron chi connectivity index (χ3n) is 7.41. The van der Waals surface area contributed by atoms with Crippen molar-refractivity contribution in [3.8, 4) is 17.0 Å². The second-order valence-electron chi connectivity index (χ2n) is 9.80. The maximum absolute atomic E-state index is 13.0. The van der Waals surface area contributed by atoms with Gasteiger partial charge >= 0.3 is 12.6 Å². The molecular formula is C26H26F2N4O5. The van der Waals surface area contributed by atoms with Crippen LogP contribution in [-0.4, -0.2) is 51.2 Å². The Kier molecular flexibility index (Phi) is 6.23. The fourth-order valence-corrected chi connectivity index (χ4v) is 5.62. The number of carbonyl (C=O) groups is 1. The van der Waals surface area contributed by atoms with Crippen LogP contribution in [-0.2, 0) is 11.3 Å². The van der Waals surface area contributed by atoms with Crippen molar-refractivity contribution in [3.63, 3.8) is 0 Å². The smallest absolute Gasteiger partial charge is 0.387 e. The summed E-state index contributed by atoms with van der Waals surface area (Å²) in [7, 11) is 0. The lowest BCUT2D eigenvalue weighted by Crippen LogP contribution is -2.46. The zero-order valence-electron chi connectivity index (χ0n) is 19.9. The third-order valence-corrected chi connectivity index (χ3v) is 7.41. The molecule has 194 valence electrons. The van der Waals surface area contributed by atoms with Gasteiger partial charge in [0.05, 0.1) is 12.7 Å². The number of fused-ring (bicyclic) bond motifs is 2. The highest BCUT2D eigenvalue weighted by Crippen LogP contribution is 2.46. The zero-order chi connectivity index (χ0) is 25.5. The van der Waals surface area contributed by atoms with Gasteiger partial charge in [-0.05, 0) is 62.8 Å². The average molecular weight is 513 g/mol. The molecule has 37 heavy (non-hydrogen) atoms. The zero-order valence-corrected chi connectivity index (χ0v) is 19.9. The lowest BCUT2D eigenvalue weighted by Gasteiger charge is -2.39. The van der Waals surface area contributed by atoms with Gasteiger partial charge in [-0.3, -0.25) is 0 Å². The highest BCUT2D eigenvalue weighted by Gasteiger charge is 2.42. The van der Waals surface area contributed by atoms with Crippen molar-refractivity contribution < 1.29 is 32.7 Å². The van der Waals surface area contributed by atoms with E-state index >= 15 is 0 Å². The summed E-state index contributed by atoms with van der Waals surface area (Å²) >= 11 is 0. The standard InChI is InChI=1S/C26H26F2N4O5/c27-26(28)36-21-4-2-1-3-18(21)23-19(24(37-31-23)14-5-6-14)13-35-17-11-15-7-8-16(12-17)32(15)22-10-9-20(25(33)34)29-30-22/h1-4,9-10,14-17,26H,5-8,11-13H2,(H,33,34)/t15-,16?,17?/m0/s1. The molecule has 0 radical (unpaired) electrons. The van der Waals surface area contributed by atoms with E-state index in [0.717, 1.165) is 49.8 Å². The number of anilines is 1. The first-order valence-corrected chi connectivity index (χ1v) is 12.5. The predicted octanol–water partition coefficient (Wildman–Crippen LogP) is 5.03. The van der Waals surface area contributed by atoms with E-state index in [2.05, 4.69) is 20.3 Å². The van der Waals surface area contributed by atoms with Crippen LogP contribution in [0.25, 0.3) is 11.3 Å². The van der Waals surface area contributed by atoms with Gasteiger partial charge in [0.1, 0.15) is 17.2 Å². The molecular weight excluding hydrogens is 486 g/mol. The van der Waals surface area contributed by atoms with Crippen LogP contribution in [0.5, 0.6) is 5.75 Å². The normalized spacial score (nSPS) is 23.0. The largest absolute Gasteiger partial charge is 0.476 e. The van der Waals surface area contributed by atoms with Gasteiger partial charge in [0, 0.05) is 29.1 Å². The Morgan fingerprint density at radius 2 is 1.84 bits per heavy atom. The first kappa shape index (κ1) is 23.8. The number of nitrogens with zero attached hydrogens (tertiary/aromatic N) is 4. The molecule has 6 rings (SSSR count). The average Bonchev–Trinajstić information content (AvgIpc) is 3.59. The molecule has 1 N–H and O–H groups in total. The lowest BCUT2D eigenvalue weighted by molar-refractivity contribution is -0.0494. The summed E-state index contributed by atoms with van der Waals surface area (Å²) in [5.41, 5.74) is 1.64. The first-order chi connectivity index (χ1) is 18.0. The number of halogens is 2. The number of ether oxygens (including phenoxy) is 2. The fourth-order valence-electron chi connectivity index (χ4n) is 5.62. The van der Waals surface area contributed by atoms with Gasteiger partial charge in [0.15, 0.2) is 11.5 Å². The molecule has 4 heterocycles. The van der Waals surface area contributed by atoms with Crippen molar-refractivity contribution in [2.24, 2.45) is 0 Å². The maximum atomic E-state index is 13.0. The minimum absolute atomic E-state index is 0.00219. The number of carboxylic acids is 1.